The first-order valence-electron chi connectivity index (χ1n) is 4.02. The van der Waals surface area contributed by atoms with E-state index in [1.165, 1.54) is 15.6 Å². The van der Waals surface area contributed by atoms with E-state index in [-0.39, 0.29) is 0 Å². The molecule has 2 aromatic rings. The summed E-state index contributed by atoms with van der Waals surface area (Å²) in [5.74, 6) is 10.0. The lowest BCUT2D eigenvalue weighted by molar-refractivity contribution is 1.02. The van der Waals surface area contributed by atoms with Crippen molar-refractivity contribution in [2.45, 2.75) is 0 Å². The van der Waals surface area contributed by atoms with Crippen molar-refractivity contribution in [2.24, 2.45) is 0 Å². The predicted octanol–water partition coefficient (Wildman–Crippen LogP) is 2.39. The molecular weight excluding hydrogens is 298 g/mol. The monoisotopic (exact) mass is 303 g/mol. The van der Waals surface area contributed by atoms with Crippen molar-refractivity contribution >= 4 is 59.7 Å². The van der Waals surface area contributed by atoms with Gasteiger partial charge in [-0.2, -0.15) is 0 Å². The number of hydrogen-bond acceptors (Lipinski definition) is 2. The highest BCUT2D eigenvalue weighted by Crippen LogP contribution is 2.23. The number of rotatable bonds is 1. The smallest absolute Gasteiger partial charge is 0.181 e. The fraction of sp³-hybridized carbons (Fsp3) is 0. The number of hydrogen-bond donors (Lipinski definition) is 1. The van der Waals surface area contributed by atoms with Crippen LogP contribution in [0.2, 0.25) is 0 Å². The van der Waals surface area contributed by atoms with Crippen LogP contribution in [-0.4, -0.2) is 19.9 Å². The molecule has 0 aliphatic rings. The molecule has 0 spiro atoms. The Morgan fingerprint density at radius 2 is 2.33 bits per heavy atom. The van der Waals surface area contributed by atoms with Gasteiger partial charge in [0.2, 0.25) is 0 Å². The minimum Gasteiger partial charge on any atom is -0.337 e. The predicted molar refractivity (Wildman–Crippen MR) is 72.3 cm³/mol. The molecule has 1 heterocycles. The van der Waals surface area contributed by atoms with Crippen LogP contribution in [0.4, 0.5) is 0 Å². The van der Waals surface area contributed by atoms with Gasteiger partial charge in [-0.05, 0) is 33.9 Å². The van der Waals surface area contributed by atoms with E-state index in [1.807, 2.05) is 18.2 Å². The van der Waals surface area contributed by atoms with Crippen LogP contribution >= 0.6 is 38.5 Å². The lowest BCUT2D eigenvalue weighted by atomic mass is 10.3. The Bertz CT molecular complexity index is 586. The highest BCUT2D eigenvalue weighted by atomic mass is 79.9. The first kappa shape index (κ1) is 10.7. The molecule has 0 radical (unpaired) electrons. The van der Waals surface area contributed by atoms with Gasteiger partial charge in [0, 0.05) is 4.47 Å². The zero-order chi connectivity index (χ0) is 11.0. The van der Waals surface area contributed by atoms with Gasteiger partial charge in [-0.25, -0.2) is 9.66 Å². The van der Waals surface area contributed by atoms with Gasteiger partial charge < -0.3 is 5.84 Å². The first-order valence-corrected chi connectivity index (χ1v) is 6.17. The van der Waals surface area contributed by atoms with E-state index in [1.54, 1.807) is 0 Å². The summed E-state index contributed by atoms with van der Waals surface area (Å²) in [6, 6.07) is 5.68. The van der Waals surface area contributed by atoms with Gasteiger partial charge >= 0.3 is 0 Å². The standard InChI is InChI=1S/C9H7BrClN3S/c1-15-8(11)9-13-6-4-2-3-5(10)7(6)14(9)12/h2-4H,1,12H2. The number of fused-ring (bicyclic) bond motifs is 1. The number of nitrogens with zero attached hydrogens (tertiary/aromatic N) is 2. The number of halogens is 2. The Morgan fingerprint density at radius 1 is 1.60 bits per heavy atom. The Labute approximate surface area is 103 Å². The zero-order valence-electron chi connectivity index (χ0n) is 7.58. The largest absolute Gasteiger partial charge is 0.337 e. The third-order valence-corrected chi connectivity index (χ3v) is 3.54. The molecule has 6 heteroatoms. The number of para-hydroxylation sites is 1. The second-order valence-corrected chi connectivity index (χ2v) is 4.98. The second-order valence-electron chi connectivity index (χ2n) is 2.83. The summed E-state index contributed by atoms with van der Waals surface area (Å²) in [6.07, 6.45) is 0. The Balaban J connectivity index is 2.87. The average Bonchev–Trinajstić information content (AvgIpc) is 2.56. The van der Waals surface area contributed by atoms with E-state index in [4.69, 9.17) is 17.4 Å². The van der Waals surface area contributed by atoms with Crippen LogP contribution in [0.1, 0.15) is 5.82 Å². The van der Waals surface area contributed by atoms with Gasteiger partial charge in [0.15, 0.2) is 5.82 Å². The van der Waals surface area contributed by atoms with Gasteiger partial charge in [0.25, 0.3) is 0 Å². The van der Waals surface area contributed by atoms with E-state index in [0.29, 0.717) is 10.1 Å². The summed E-state index contributed by atoms with van der Waals surface area (Å²) in [5, 5.41) is 0. The molecule has 0 unspecified atom stereocenters. The van der Waals surface area contributed by atoms with Gasteiger partial charge in [0.1, 0.15) is 9.84 Å². The van der Waals surface area contributed by atoms with Gasteiger partial charge in [-0.3, -0.25) is 0 Å². The molecule has 1 aromatic carbocycles. The second kappa shape index (κ2) is 4.00. The Kier molecular flexibility index (Phi) is 2.86. The van der Waals surface area contributed by atoms with Crippen molar-refractivity contribution < 1.29 is 0 Å². The summed E-state index contributed by atoms with van der Waals surface area (Å²) < 4.78 is 2.82. The third-order valence-electron chi connectivity index (χ3n) is 1.96. The molecule has 0 amide bonds. The molecule has 1 aromatic heterocycles. The first-order chi connectivity index (χ1) is 7.15. The molecular formula is C9H7BrClN3S. The van der Waals surface area contributed by atoms with Crippen LogP contribution in [0, 0.1) is 0 Å². The molecule has 0 aliphatic carbocycles. The quantitative estimate of drug-likeness (QED) is 0.499. The SMILES string of the molecule is C=S=C(Cl)c1nc2cccc(Br)c2n1N. The molecule has 2 N–H and O–H groups in total. The lowest BCUT2D eigenvalue weighted by Crippen LogP contribution is -2.14. The van der Waals surface area contributed by atoms with E-state index in [9.17, 15) is 0 Å². The van der Waals surface area contributed by atoms with Crippen LogP contribution in [0.25, 0.3) is 11.0 Å². The van der Waals surface area contributed by atoms with Crippen LogP contribution in [-0.2, 0) is 0 Å². The molecule has 3 nitrogen and oxygen atoms in total. The maximum Gasteiger partial charge on any atom is 0.181 e. The van der Waals surface area contributed by atoms with Crippen LogP contribution < -0.4 is 5.84 Å². The molecule has 78 valence electrons. The number of aromatic nitrogens is 2. The molecule has 0 bridgehead atoms. The minimum absolute atomic E-state index is 0.473. The summed E-state index contributed by atoms with van der Waals surface area (Å²) in [7, 11) is 1.17. The zero-order valence-corrected chi connectivity index (χ0v) is 10.7. The van der Waals surface area contributed by atoms with Crippen molar-refractivity contribution in [2.75, 3.05) is 5.84 Å². The molecule has 0 atom stereocenters. The van der Waals surface area contributed by atoms with E-state index in [0.717, 1.165) is 15.5 Å². The summed E-state index contributed by atoms with van der Waals surface area (Å²) >= 11 is 9.37. The third kappa shape index (κ3) is 1.71. The van der Waals surface area contributed by atoms with Crippen LogP contribution in [0.3, 0.4) is 0 Å². The number of imidazole rings is 1. The van der Waals surface area contributed by atoms with Crippen LogP contribution in [0.5, 0.6) is 0 Å². The Hall–Kier alpha value is -0.780. The minimum atomic E-state index is 0.473. The van der Waals surface area contributed by atoms with Crippen molar-refractivity contribution in [3.05, 3.63) is 28.5 Å². The molecule has 0 fully saturated rings. The van der Waals surface area contributed by atoms with Crippen LogP contribution in [0.15, 0.2) is 22.7 Å². The van der Waals surface area contributed by atoms with Gasteiger partial charge in [-0.15, -0.1) is 10.9 Å². The highest BCUT2D eigenvalue weighted by molar-refractivity contribution is 9.10. The van der Waals surface area contributed by atoms with Crippen molar-refractivity contribution in [3.63, 3.8) is 0 Å². The fourth-order valence-electron chi connectivity index (χ4n) is 1.31. The maximum atomic E-state index is 5.96. The van der Waals surface area contributed by atoms with Gasteiger partial charge in [-0.1, -0.05) is 17.7 Å². The van der Waals surface area contributed by atoms with E-state index in [2.05, 4.69) is 26.8 Å². The molecule has 2 rings (SSSR count). The topological polar surface area (TPSA) is 43.8 Å². The fourth-order valence-corrected chi connectivity index (χ4v) is 2.26. The normalized spacial score (nSPS) is 10.5. The van der Waals surface area contributed by atoms with Gasteiger partial charge in [0.05, 0.1) is 5.52 Å². The van der Waals surface area contributed by atoms with Crippen molar-refractivity contribution in [1.29, 1.82) is 0 Å². The number of nitrogens with two attached hydrogens (primary N) is 1. The average molecular weight is 305 g/mol. The lowest BCUT2D eigenvalue weighted by Gasteiger charge is -1.99. The summed E-state index contributed by atoms with van der Waals surface area (Å²) in [4.78, 5) is 4.32. The van der Waals surface area contributed by atoms with Crippen molar-refractivity contribution in [1.82, 2.24) is 9.66 Å². The summed E-state index contributed by atoms with van der Waals surface area (Å²) in [6.45, 7) is 0. The number of benzene rings is 1. The molecule has 0 saturated heterocycles. The number of nitrogen functional groups attached to an aromatic ring is 1. The highest BCUT2D eigenvalue weighted by Gasteiger charge is 2.12. The maximum absolute atomic E-state index is 5.96. The molecule has 0 aliphatic heterocycles. The summed E-state index contributed by atoms with van der Waals surface area (Å²) in [5.41, 5.74) is 1.62. The Morgan fingerprint density at radius 3 is 2.93 bits per heavy atom. The molecule has 0 saturated carbocycles. The van der Waals surface area contributed by atoms with Crippen molar-refractivity contribution in [3.8, 4) is 0 Å². The van der Waals surface area contributed by atoms with E-state index >= 15 is 0 Å². The van der Waals surface area contributed by atoms with E-state index < -0.39 is 0 Å². The molecule has 15 heavy (non-hydrogen) atoms.